The molecule has 7 heteroatoms. The van der Waals surface area contributed by atoms with Crippen LogP contribution in [-0.4, -0.2) is 47.0 Å². The van der Waals surface area contributed by atoms with Crippen LogP contribution in [0.2, 0.25) is 0 Å². The smallest absolute Gasteiger partial charge is 0.224 e. The fraction of sp³-hybridized carbons (Fsp3) is 0.708. The standard InChI is InChI=1S/C24H41N2O4P/c1-18(2)16-22(24(28)25-21-12-8-5-9-13-21)26-23(27)20(17-31(3,29)30)15-14-19-10-6-4-7-11-19/h4,6-7,10-11,18,20-22,24-25,28H,5,8-9,12-17H2,1-3H3,(H,26,27)(H,29,30). The summed E-state index contributed by atoms with van der Waals surface area (Å²) >= 11 is 0. The first kappa shape index (κ1) is 26.1. The molecule has 2 rings (SSSR count). The van der Waals surface area contributed by atoms with Crippen molar-refractivity contribution in [3.05, 3.63) is 35.9 Å². The molecule has 1 fully saturated rings. The lowest BCUT2D eigenvalue weighted by Gasteiger charge is -2.32. The quantitative estimate of drug-likeness (QED) is 0.285. The number of rotatable bonds is 12. The molecular weight excluding hydrogens is 411 g/mol. The predicted octanol–water partition coefficient (Wildman–Crippen LogP) is 3.91. The lowest BCUT2D eigenvalue weighted by Crippen LogP contribution is -2.54. The first-order chi connectivity index (χ1) is 14.6. The number of carbonyl (C=O) groups is 1. The van der Waals surface area contributed by atoms with Crippen LogP contribution >= 0.6 is 7.37 Å². The van der Waals surface area contributed by atoms with Gasteiger partial charge in [0.2, 0.25) is 5.91 Å². The average Bonchev–Trinajstić information content (AvgIpc) is 2.71. The Morgan fingerprint density at radius 1 is 1.16 bits per heavy atom. The molecule has 0 spiro atoms. The van der Waals surface area contributed by atoms with Crippen molar-refractivity contribution >= 4 is 13.3 Å². The van der Waals surface area contributed by atoms with E-state index in [1.807, 2.05) is 30.3 Å². The van der Waals surface area contributed by atoms with Gasteiger partial charge in [-0.1, -0.05) is 63.4 Å². The number of hydrogen-bond acceptors (Lipinski definition) is 4. The maximum Gasteiger partial charge on any atom is 0.224 e. The van der Waals surface area contributed by atoms with E-state index in [2.05, 4.69) is 24.5 Å². The van der Waals surface area contributed by atoms with Crippen LogP contribution in [0.4, 0.5) is 0 Å². The van der Waals surface area contributed by atoms with Gasteiger partial charge in [-0.15, -0.1) is 0 Å². The van der Waals surface area contributed by atoms with Gasteiger partial charge in [0.1, 0.15) is 6.23 Å². The molecule has 31 heavy (non-hydrogen) atoms. The summed E-state index contributed by atoms with van der Waals surface area (Å²) in [6.45, 7) is 5.43. The van der Waals surface area contributed by atoms with Gasteiger partial charge in [-0.2, -0.15) is 0 Å². The monoisotopic (exact) mass is 452 g/mol. The average molecular weight is 453 g/mol. The number of hydrogen-bond donors (Lipinski definition) is 4. The highest BCUT2D eigenvalue weighted by Crippen LogP contribution is 2.38. The van der Waals surface area contributed by atoms with E-state index in [0.717, 1.165) is 31.2 Å². The highest BCUT2D eigenvalue weighted by Gasteiger charge is 2.30. The zero-order chi connectivity index (χ0) is 22.9. The summed E-state index contributed by atoms with van der Waals surface area (Å²) in [5.74, 6) is -0.522. The first-order valence-electron chi connectivity index (χ1n) is 11.7. The second-order valence-corrected chi connectivity index (χ2v) is 12.1. The number of nitrogens with one attached hydrogen (secondary N) is 2. The molecule has 176 valence electrons. The van der Waals surface area contributed by atoms with Crippen molar-refractivity contribution in [2.75, 3.05) is 12.8 Å². The fourth-order valence-corrected chi connectivity index (χ4v) is 5.57. The number of benzene rings is 1. The van der Waals surface area contributed by atoms with Crippen LogP contribution in [0, 0.1) is 11.8 Å². The largest absolute Gasteiger partial charge is 0.376 e. The summed E-state index contributed by atoms with van der Waals surface area (Å²) in [6, 6.07) is 9.69. The Hall–Kier alpha value is -1.20. The molecule has 0 bridgehead atoms. The van der Waals surface area contributed by atoms with E-state index < -0.39 is 25.6 Å². The van der Waals surface area contributed by atoms with Gasteiger partial charge in [-0.3, -0.25) is 14.7 Å². The van der Waals surface area contributed by atoms with Gasteiger partial charge >= 0.3 is 0 Å². The van der Waals surface area contributed by atoms with Crippen LogP contribution < -0.4 is 10.6 Å². The number of aliphatic hydroxyl groups is 1. The van der Waals surface area contributed by atoms with Crippen LogP contribution in [0.3, 0.4) is 0 Å². The molecule has 1 aromatic rings. The van der Waals surface area contributed by atoms with Gasteiger partial charge in [-0.05, 0) is 43.6 Å². The molecule has 4 N–H and O–H groups in total. The topological polar surface area (TPSA) is 98.7 Å². The molecule has 4 atom stereocenters. The van der Waals surface area contributed by atoms with E-state index in [-0.39, 0.29) is 18.1 Å². The third kappa shape index (κ3) is 10.3. The van der Waals surface area contributed by atoms with Gasteiger partial charge < -0.3 is 15.3 Å². The van der Waals surface area contributed by atoms with Crippen LogP contribution in [0.5, 0.6) is 0 Å². The number of amides is 1. The van der Waals surface area contributed by atoms with E-state index in [0.29, 0.717) is 25.2 Å². The Labute approximate surface area is 187 Å². The summed E-state index contributed by atoms with van der Waals surface area (Å²) in [5, 5.41) is 17.2. The Kier molecular flexibility index (Phi) is 10.7. The molecule has 4 unspecified atom stereocenters. The van der Waals surface area contributed by atoms with Crippen molar-refractivity contribution in [2.24, 2.45) is 11.8 Å². The minimum atomic E-state index is -3.36. The lowest BCUT2D eigenvalue weighted by molar-refractivity contribution is -0.126. The van der Waals surface area contributed by atoms with E-state index in [9.17, 15) is 19.4 Å². The van der Waals surface area contributed by atoms with Crippen molar-refractivity contribution < 1.29 is 19.4 Å². The second-order valence-electron chi connectivity index (χ2n) is 9.65. The predicted molar refractivity (Wildman–Crippen MR) is 126 cm³/mol. The summed E-state index contributed by atoms with van der Waals surface area (Å²) < 4.78 is 12.1. The highest BCUT2D eigenvalue weighted by molar-refractivity contribution is 7.57. The molecule has 0 saturated heterocycles. The van der Waals surface area contributed by atoms with Crippen molar-refractivity contribution in [2.45, 2.75) is 83.5 Å². The molecule has 0 aromatic heterocycles. The Morgan fingerprint density at radius 3 is 2.39 bits per heavy atom. The van der Waals surface area contributed by atoms with Gasteiger partial charge in [0.05, 0.1) is 6.04 Å². The highest BCUT2D eigenvalue weighted by atomic mass is 31.2. The van der Waals surface area contributed by atoms with E-state index >= 15 is 0 Å². The zero-order valence-corrected chi connectivity index (χ0v) is 20.2. The Bertz CT molecular complexity index is 701. The molecule has 0 heterocycles. The Morgan fingerprint density at radius 2 is 1.81 bits per heavy atom. The molecule has 0 aliphatic heterocycles. The van der Waals surface area contributed by atoms with Gasteiger partial charge in [0.25, 0.3) is 0 Å². The third-order valence-corrected chi connectivity index (χ3v) is 7.12. The summed E-state index contributed by atoms with van der Waals surface area (Å²) in [6.07, 6.45) is 6.57. The molecule has 6 nitrogen and oxygen atoms in total. The van der Waals surface area contributed by atoms with E-state index in [1.54, 1.807) is 0 Å². The van der Waals surface area contributed by atoms with E-state index in [4.69, 9.17) is 0 Å². The second kappa shape index (κ2) is 12.7. The minimum absolute atomic E-state index is 0.0494. The minimum Gasteiger partial charge on any atom is -0.376 e. The fourth-order valence-electron chi connectivity index (χ4n) is 4.40. The maximum absolute atomic E-state index is 13.1. The lowest BCUT2D eigenvalue weighted by atomic mass is 9.94. The molecule has 1 aliphatic rings. The molecule has 1 aliphatic carbocycles. The number of carbonyl (C=O) groups excluding carboxylic acids is 1. The van der Waals surface area contributed by atoms with Crippen LogP contribution in [-0.2, 0) is 15.8 Å². The number of aliphatic hydroxyl groups excluding tert-OH is 1. The van der Waals surface area contributed by atoms with Crippen molar-refractivity contribution in [1.29, 1.82) is 0 Å². The number of aryl methyl sites for hydroxylation is 1. The van der Waals surface area contributed by atoms with Gasteiger partial charge in [-0.25, -0.2) is 0 Å². The summed E-state index contributed by atoms with van der Waals surface area (Å²) in [5.41, 5.74) is 1.10. The summed E-state index contributed by atoms with van der Waals surface area (Å²) in [7, 11) is -3.36. The van der Waals surface area contributed by atoms with Gasteiger partial charge in [0.15, 0.2) is 7.37 Å². The maximum atomic E-state index is 13.1. The molecule has 1 aromatic carbocycles. The van der Waals surface area contributed by atoms with Gasteiger partial charge in [0, 0.05) is 24.8 Å². The molecule has 1 saturated carbocycles. The van der Waals surface area contributed by atoms with E-state index in [1.165, 1.54) is 13.1 Å². The van der Waals surface area contributed by atoms with Crippen LogP contribution in [0.1, 0.15) is 64.4 Å². The first-order valence-corrected chi connectivity index (χ1v) is 14.0. The SMILES string of the molecule is CC(C)CC(NC(=O)C(CCc1ccccc1)CP(C)(=O)O)C(O)NC1CCCCC1. The third-order valence-electron chi connectivity index (χ3n) is 6.00. The normalized spacial score (nSPS) is 20.1. The van der Waals surface area contributed by atoms with Crippen molar-refractivity contribution in [3.63, 3.8) is 0 Å². The van der Waals surface area contributed by atoms with Crippen molar-refractivity contribution in [1.82, 2.24) is 10.6 Å². The molecular formula is C24H41N2O4P. The molecule has 1 amide bonds. The van der Waals surface area contributed by atoms with Crippen LogP contribution in [0.15, 0.2) is 30.3 Å². The van der Waals surface area contributed by atoms with Crippen molar-refractivity contribution in [3.8, 4) is 0 Å². The zero-order valence-electron chi connectivity index (χ0n) is 19.3. The van der Waals surface area contributed by atoms with Crippen LogP contribution in [0.25, 0.3) is 0 Å². The Balaban J connectivity index is 2.04. The molecule has 0 radical (unpaired) electrons. The summed E-state index contributed by atoms with van der Waals surface area (Å²) in [4.78, 5) is 23.1.